The molecule has 1 aliphatic carbocycles. The van der Waals surface area contributed by atoms with E-state index in [1.54, 1.807) is 0 Å². The highest BCUT2D eigenvalue weighted by atomic mass is 31.1. The van der Waals surface area contributed by atoms with Gasteiger partial charge in [-0.1, -0.05) is 0 Å². The average molecular weight is 188 g/mol. The van der Waals surface area contributed by atoms with Gasteiger partial charge in [0.2, 0.25) is 5.56 Å². The Morgan fingerprint density at radius 2 is 2.00 bits per heavy atom. The van der Waals surface area contributed by atoms with E-state index in [9.17, 15) is 4.89 Å². The van der Waals surface area contributed by atoms with Crippen molar-refractivity contribution in [2.24, 2.45) is 0 Å². The van der Waals surface area contributed by atoms with Crippen molar-refractivity contribution in [1.82, 2.24) is 0 Å². The average Bonchev–Trinajstić information content (AvgIpc) is 2.17. The lowest BCUT2D eigenvalue weighted by Gasteiger charge is -1.97. The topological polar surface area (TPSA) is 23.1 Å². The molecule has 62 valence electrons. The first-order chi connectivity index (χ1) is 6.29. The van der Waals surface area contributed by atoms with E-state index in [2.05, 4.69) is 6.30 Å². The molecule has 0 saturated carbocycles. The zero-order valence-corrected chi connectivity index (χ0v) is 8.00. The van der Waals surface area contributed by atoms with E-state index in [4.69, 9.17) is 0 Å². The summed E-state index contributed by atoms with van der Waals surface area (Å²) in [5.74, 6) is 0. The van der Waals surface area contributed by atoms with E-state index in [1.165, 1.54) is 0 Å². The van der Waals surface area contributed by atoms with Gasteiger partial charge < -0.3 is 4.89 Å². The Morgan fingerprint density at radius 1 is 1.23 bits per heavy atom. The predicted octanol–water partition coefficient (Wildman–Crippen LogP) is 1.18. The van der Waals surface area contributed by atoms with Crippen LogP contribution in [0.4, 0.5) is 0 Å². The monoisotopic (exact) mass is 188 g/mol. The van der Waals surface area contributed by atoms with Gasteiger partial charge in [-0.2, -0.15) is 0 Å². The first-order valence-corrected chi connectivity index (χ1v) is 5.49. The third-order valence-corrected chi connectivity index (χ3v) is 2.96. The number of fused-ring (bicyclic) bond motifs is 1. The molecule has 1 aromatic rings. The van der Waals surface area contributed by atoms with Gasteiger partial charge in [0.1, 0.15) is 20.6 Å². The maximum absolute atomic E-state index is 11.3. The van der Waals surface area contributed by atoms with E-state index in [1.807, 2.05) is 43.2 Å². The second-order valence-corrected chi connectivity index (χ2v) is 4.12. The van der Waals surface area contributed by atoms with Crippen LogP contribution in [0.5, 0.6) is 0 Å². The Labute approximate surface area is 79.2 Å². The molecular formula is C11H9OP+2. The predicted molar refractivity (Wildman–Crippen MR) is 56.1 cm³/mol. The zero-order chi connectivity index (χ0) is 9.26. The maximum atomic E-state index is 11.3. The second-order valence-electron chi connectivity index (χ2n) is 2.88. The molecule has 0 amide bonds. The van der Waals surface area contributed by atoms with Crippen LogP contribution >= 0.6 is 7.77 Å². The summed E-state index contributed by atoms with van der Waals surface area (Å²) >= 11 is 0. The van der Waals surface area contributed by atoms with Crippen molar-refractivity contribution < 1.29 is 4.89 Å². The maximum Gasteiger partial charge on any atom is 0.269 e. The van der Waals surface area contributed by atoms with E-state index >= 15 is 0 Å². The Bertz CT molecular complexity index is 380. The lowest BCUT2D eigenvalue weighted by molar-refractivity contribution is -0.149. The van der Waals surface area contributed by atoms with Gasteiger partial charge in [0.05, 0.1) is 30.6 Å². The molecular weight excluding hydrogens is 179 g/mol. The quantitative estimate of drug-likeness (QED) is 0.479. The molecule has 1 aromatic carbocycles. The van der Waals surface area contributed by atoms with Gasteiger partial charge in [-0.05, 0) is 0 Å². The molecule has 1 atom stereocenters. The molecule has 0 spiro atoms. The van der Waals surface area contributed by atoms with Gasteiger partial charge >= 0.3 is 0 Å². The highest BCUT2D eigenvalue weighted by Crippen LogP contribution is 2.22. The fourth-order valence-corrected chi connectivity index (χ4v) is 2.15. The molecule has 2 rings (SSSR count). The van der Waals surface area contributed by atoms with Crippen LogP contribution in [-0.2, 0) is 0 Å². The van der Waals surface area contributed by atoms with Crippen LogP contribution in [0.2, 0.25) is 0 Å². The minimum atomic E-state index is -1.50. The Hall–Kier alpha value is -1.17. The van der Waals surface area contributed by atoms with Crippen LogP contribution in [0.3, 0.4) is 0 Å². The number of hydrogen-bond donors (Lipinski definition) is 0. The van der Waals surface area contributed by atoms with E-state index < -0.39 is 7.77 Å². The van der Waals surface area contributed by atoms with Crippen LogP contribution in [0.25, 0.3) is 0 Å². The van der Waals surface area contributed by atoms with Gasteiger partial charge in [0.15, 0.2) is 5.56 Å². The fraction of sp³-hybridized carbons (Fsp3) is 0. The zero-order valence-electron chi connectivity index (χ0n) is 7.10. The Morgan fingerprint density at radius 3 is 2.77 bits per heavy atom. The van der Waals surface area contributed by atoms with Crippen LogP contribution in [-0.4, -0.2) is 6.30 Å². The molecule has 0 aromatic heterocycles. The largest absolute Gasteiger partial charge is 0.618 e. The Balaban J connectivity index is 2.55. The van der Waals surface area contributed by atoms with Crippen molar-refractivity contribution in [2.75, 3.05) is 0 Å². The first kappa shape index (κ1) is 8.43. The smallest absolute Gasteiger partial charge is 0.269 e. The minimum Gasteiger partial charge on any atom is -0.618 e. The SMILES string of the molecule is C=[P+]([O-])c1cccc2c1[CH+]C=C[CH+]2. The molecule has 0 heterocycles. The molecule has 0 saturated heterocycles. The molecule has 0 fully saturated rings. The molecule has 0 aliphatic heterocycles. The molecule has 0 bridgehead atoms. The fourth-order valence-electron chi connectivity index (χ4n) is 1.43. The molecule has 1 nitrogen and oxygen atoms in total. The van der Waals surface area contributed by atoms with Crippen molar-refractivity contribution in [3.05, 3.63) is 54.3 Å². The summed E-state index contributed by atoms with van der Waals surface area (Å²) in [5, 5.41) is 0.841. The molecule has 2 heteroatoms. The lowest BCUT2D eigenvalue weighted by Crippen LogP contribution is -2.13. The third-order valence-electron chi connectivity index (χ3n) is 2.04. The molecule has 0 N–H and O–H groups in total. The standard InChI is InChI=1S/C11H9OP/c1-13(12)11-8-4-6-9-5-2-3-7-10(9)11/h2-8H,1H2/q+2. The van der Waals surface area contributed by atoms with Gasteiger partial charge in [-0.15, -0.1) is 0 Å². The van der Waals surface area contributed by atoms with E-state index in [0.717, 1.165) is 16.4 Å². The van der Waals surface area contributed by atoms with Gasteiger partial charge in [-0.3, -0.25) is 0 Å². The van der Waals surface area contributed by atoms with Crippen molar-refractivity contribution in [2.45, 2.75) is 0 Å². The van der Waals surface area contributed by atoms with Gasteiger partial charge in [0, 0.05) is 6.07 Å². The second kappa shape index (κ2) is 3.29. The summed E-state index contributed by atoms with van der Waals surface area (Å²) < 4.78 is 0. The summed E-state index contributed by atoms with van der Waals surface area (Å²) in [6, 6.07) is 5.79. The van der Waals surface area contributed by atoms with Crippen LogP contribution in [0, 0.1) is 12.8 Å². The normalized spacial score (nSPS) is 14.1. The molecule has 0 radical (unpaired) electrons. The minimum absolute atomic E-state index is 0.841. The number of allylic oxidation sites excluding steroid dienone is 2. The summed E-state index contributed by atoms with van der Waals surface area (Å²) in [6.07, 6.45) is 11.5. The Kier molecular flexibility index (Phi) is 2.13. The highest BCUT2D eigenvalue weighted by molar-refractivity contribution is 7.56. The van der Waals surface area contributed by atoms with Gasteiger partial charge in [-0.25, -0.2) is 0 Å². The van der Waals surface area contributed by atoms with Crippen molar-refractivity contribution in [1.29, 1.82) is 0 Å². The molecule has 1 aliphatic rings. The molecule has 13 heavy (non-hydrogen) atoms. The summed E-state index contributed by atoms with van der Waals surface area (Å²) in [5.41, 5.74) is 2.16. The van der Waals surface area contributed by atoms with Crippen molar-refractivity contribution in [3.63, 3.8) is 0 Å². The van der Waals surface area contributed by atoms with E-state index in [0.29, 0.717) is 0 Å². The van der Waals surface area contributed by atoms with Crippen LogP contribution < -0.4 is 10.2 Å². The van der Waals surface area contributed by atoms with Crippen LogP contribution in [0.1, 0.15) is 11.1 Å². The number of hydrogen-bond acceptors (Lipinski definition) is 1. The third kappa shape index (κ3) is 1.49. The lowest BCUT2D eigenvalue weighted by atomic mass is 9.97. The van der Waals surface area contributed by atoms with Gasteiger partial charge in [0.25, 0.3) is 5.30 Å². The number of rotatable bonds is 1. The van der Waals surface area contributed by atoms with Crippen molar-refractivity contribution in [3.8, 4) is 0 Å². The van der Waals surface area contributed by atoms with E-state index in [-0.39, 0.29) is 0 Å². The molecule has 1 unspecified atom stereocenters. The highest BCUT2D eigenvalue weighted by Gasteiger charge is 2.28. The first-order valence-electron chi connectivity index (χ1n) is 4.04. The van der Waals surface area contributed by atoms with Crippen molar-refractivity contribution >= 4 is 19.4 Å². The summed E-state index contributed by atoms with van der Waals surface area (Å²) in [4.78, 5) is 11.3. The summed E-state index contributed by atoms with van der Waals surface area (Å²) in [7, 11) is -1.50. The van der Waals surface area contributed by atoms with Crippen LogP contribution in [0.15, 0.2) is 30.4 Å². The number of benzene rings is 1. The summed E-state index contributed by atoms with van der Waals surface area (Å²) in [6.45, 7) is 0.